The molecule has 0 aliphatic rings. The quantitative estimate of drug-likeness (QED) is 0.723. The lowest BCUT2D eigenvalue weighted by molar-refractivity contribution is 0.109. The Hall–Kier alpha value is -0.220. The fourth-order valence-corrected chi connectivity index (χ4v) is 1.24. The summed E-state index contributed by atoms with van der Waals surface area (Å²) in [7, 11) is 0. The van der Waals surface area contributed by atoms with Crippen LogP contribution < -0.4 is 0 Å². The van der Waals surface area contributed by atoms with Crippen molar-refractivity contribution in [3.63, 3.8) is 0 Å². The smallest absolute Gasteiger partial charge is 0.228 e. The Bertz CT molecular complexity index is 298. The van der Waals surface area contributed by atoms with Gasteiger partial charge in [-0.1, -0.05) is 0 Å². The molecule has 0 bridgehead atoms. The second kappa shape index (κ2) is 3.45. The Morgan fingerprint density at radius 3 is 2.55 bits per heavy atom. The van der Waals surface area contributed by atoms with E-state index in [0.717, 1.165) is 0 Å². The molecule has 1 nitrogen and oxygen atoms in total. The van der Waals surface area contributed by atoms with E-state index in [1.165, 1.54) is 18.2 Å². The number of benzene rings is 1. The number of hydrogen-bond acceptors (Lipinski definition) is 1. The Balaban J connectivity index is 3.15. The van der Waals surface area contributed by atoms with Crippen molar-refractivity contribution in [3.8, 4) is 0 Å². The molecule has 0 fully saturated rings. The maximum absolute atomic E-state index is 12.6. The maximum atomic E-state index is 12.6. The lowest BCUT2D eigenvalue weighted by Crippen LogP contribution is -1.88. The van der Waals surface area contributed by atoms with Gasteiger partial charge in [0, 0.05) is 5.56 Å². The number of carbonyl (C=O) groups is 1. The second-order valence-electron chi connectivity index (χ2n) is 1.90. The monoisotopic (exact) mass is 280 g/mol. The molecular formula is C7H3Br2FO. The Kier molecular flexibility index (Phi) is 2.78. The molecule has 0 saturated carbocycles. The van der Waals surface area contributed by atoms with Gasteiger partial charge in [0.05, 0.1) is 4.47 Å². The lowest BCUT2D eigenvalue weighted by atomic mass is 10.2. The van der Waals surface area contributed by atoms with Crippen LogP contribution in [0.15, 0.2) is 22.7 Å². The average molecular weight is 282 g/mol. The molecule has 0 N–H and O–H groups in total. The summed E-state index contributed by atoms with van der Waals surface area (Å²) in [5.41, 5.74) is 0.429. The van der Waals surface area contributed by atoms with Crippen molar-refractivity contribution >= 4 is 36.6 Å². The molecule has 11 heavy (non-hydrogen) atoms. The minimum Gasteiger partial charge on any atom is -0.281 e. The van der Waals surface area contributed by atoms with Gasteiger partial charge in [-0.15, -0.1) is 0 Å². The zero-order valence-corrected chi connectivity index (χ0v) is 8.45. The van der Waals surface area contributed by atoms with Crippen molar-refractivity contribution in [1.29, 1.82) is 0 Å². The highest BCUT2D eigenvalue weighted by Gasteiger charge is 2.04. The summed E-state index contributed by atoms with van der Waals surface area (Å²) in [6.07, 6.45) is 0. The predicted molar refractivity (Wildman–Crippen MR) is 47.4 cm³/mol. The molecule has 1 aromatic carbocycles. The number of hydrogen-bond donors (Lipinski definition) is 0. The first-order valence-corrected chi connectivity index (χ1v) is 4.35. The average Bonchev–Trinajstić information content (AvgIpc) is 1.94. The van der Waals surface area contributed by atoms with E-state index >= 15 is 0 Å². The normalized spacial score (nSPS) is 9.73. The van der Waals surface area contributed by atoms with E-state index in [1.807, 2.05) is 0 Å². The summed E-state index contributed by atoms with van der Waals surface area (Å²) >= 11 is 5.73. The Labute approximate surface area is 79.9 Å². The zero-order valence-electron chi connectivity index (χ0n) is 5.27. The van der Waals surface area contributed by atoms with Crippen LogP contribution in [-0.4, -0.2) is 4.69 Å². The minimum atomic E-state index is -0.373. The summed E-state index contributed by atoms with van der Waals surface area (Å²) < 4.78 is 12.6. The lowest BCUT2D eigenvalue weighted by Gasteiger charge is -1.95. The summed E-state index contributed by atoms with van der Waals surface area (Å²) in [6.45, 7) is 0. The van der Waals surface area contributed by atoms with Gasteiger partial charge in [-0.25, -0.2) is 4.39 Å². The van der Waals surface area contributed by atoms with Crippen LogP contribution in [0.25, 0.3) is 0 Å². The van der Waals surface area contributed by atoms with Gasteiger partial charge in [0.15, 0.2) is 0 Å². The van der Waals surface area contributed by atoms with Crippen LogP contribution in [0.2, 0.25) is 0 Å². The molecule has 0 spiro atoms. The van der Waals surface area contributed by atoms with Gasteiger partial charge in [-0.3, -0.25) is 4.79 Å². The third-order valence-electron chi connectivity index (χ3n) is 1.15. The zero-order chi connectivity index (χ0) is 8.43. The van der Waals surface area contributed by atoms with E-state index in [2.05, 4.69) is 31.9 Å². The molecule has 0 amide bonds. The SMILES string of the molecule is O=C(Br)c1ccc(F)c(Br)c1. The van der Waals surface area contributed by atoms with E-state index in [0.29, 0.717) is 10.0 Å². The molecule has 0 aliphatic carbocycles. The van der Waals surface area contributed by atoms with Crippen molar-refractivity contribution in [1.82, 2.24) is 0 Å². The number of rotatable bonds is 1. The van der Waals surface area contributed by atoms with Gasteiger partial charge in [-0.05, 0) is 50.1 Å². The fourth-order valence-electron chi connectivity index (χ4n) is 0.618. The molecule has 0 unspecified atom stereocenters. The molecule has 4 heteroatoms. The molecule has 1 aromatic rings. The molecule has 0 aromatic heterocycles. The summed E-state index contributed by atoms with van der Waals surface area (Å²) in [4.78, 5) is 10.7. The standard InChI is InChI=1S/C7H3Br2FO/c8-5-3-4(7(9)11)1-2-6(5)10/h1-3H. The number of carbonyl (C=O) groups excluding carboxylic acids is 1. The first kappa shape index (κ1) is 8.87. The first-order valence-electron chi connectivity index (χ1n) is 2.76. The summed E-state index contributed by atoms with van der Waals surface area (Å²) in [6, 6.07) is 4.07. The van der Waals surface area contributed by atoms with Gasteiger partial charge in [0.1, 0.15) is 5.82 Å². The minimum absolute atomic E-state index is 0.252. The molecule has 0 heterocycles. The summed E-state index contributed by atoms with van der Waals surface area (Å²) in [5.74, 6) is -0.373. The molecule has 0 atom stereocenters. The molecule has 1 rings (SSSR count). The van der Waals surface area contributed by atoms with Crippen molar-refractivity contribution in [2.45, 2.75) is 0 Å². The van der Waals surface area contributed by atoms with Gasteiger partial charge >= 0.3 is 0 Å². The topological polar surface area (TPSA) is 17.1 Å². The van der Waals surface area contributed by atoms with Crippen LogP contribution in [-0.2, 0) is 0 Å². The highest BCUT2D eigenvalue weighted by Crippen LogP contribution is 2.18. The molecule has 0 saturated heterocycles. The van der Waals surface area contributed by atoms with Gasteiger partial charge in [0.2, 0.25) is 4.69 Å². The summed E-state index contributed by atoms with van der Waals surface area (Å²) in [5, 5.41) is 0. The van der Waals surface area contributed by atoms with E-state index in [1.54, 1.807) is 0 Å². The van der Waals surface area contributed by atoms with Crippen molar-refractivity contribution < 1.29 is 9.18 Å². The second-order valence-corrected chi connectivity index (χ2v) is 3.48. The highest BCUT2D eigenvalue weighted by molar-refractivity contribution is 9.18. The first-order chi connectivity index (χ1) is 5.11. The molecule has 58 valence electrons. The van der Waals surface area contributed by atoms with E-state index in [-0.39, 0.29) is 10.5 Å². The molecule has 0 aliphatic heterocycles. The van der Waals surface area contributed by atoms with Crippen LogP contribution >= 0.6 is 31.9 Å². The van der Waals surface area contributed by atoms with Gasteiger partial charge in [0.25, 0.3) is 0 Å². The van der Waals surface area contributed by atoms with Crippen LogP contribution in [0.1, 0.15) is 10.4 Å². The predicted octanol–water partition coefficient (Wildman–Crippen LogP) is 3.12. The Morgan fingerprint density at radius 1 is 1.45 bits per heavy atom. The largest absolute Gasteiger partial charge is 0.281 e. The van der Waals surface area contributed by atoms with Crippen molar-refractivity contribution in [3.05, 3.63) is 34.1 Å². The highest BCUT2D eigenvalue weighted by atomic mass is 79.9. The van der Waals surface area contributed by atoms with E-state index < -0.39 is 0 Å². The third-order valence-corrected chi connectivity index (χ3v) is 2.21. The molecule has 0 radical (unpaired) electrons. The maximum Gasteiger partial charge on any atom is 0.228 e. The molecular weight excluding hydrogens is 279 g/mol. The van der Waals surface area contributed by atoms with Gasteiger partial charge < -0.3 is 0 Å². The van der Waals surface area contributed by atoms with Crippen molar-refractivity contribution in [2.75, 3.05) is 0 Å². The Morgan fingerprint density at radius 2 is 2.09 bits per heavy atom. The van der Waals surface area contributed by atoms with E-state index in [9.17, 15) is 9.18 Å². The van der Waals surface area contributed by atoms with Crippen LogP contribution in [0.5, 0.6) is 0 Å². The third kappa shape index (κ3) is 2.10. The van der Waals surface area contributed by atoms with Gasteiger partial charge in [-0.2, -0.15) is 0 Å². The van der Waals surface area contributed by atoms with Crippen molar-refractivity contribution in [2.24, 2.45) is 0 Å². The van der Waals surface area contributed by atoms with Crippen LogP contribution in [0.4, 0.5) is 4.39 Å². The van der Waals surface area contributed by atoms with Crippen LogP contribution in [0.3, 0.4) is 0 Å². The van der Waals surface area contributed by atoms with Crippen LogP contribution in [0, 0.1) is 5.82 Å². The fraction of sp³-hybridized carbons (Fsp3) is 0. The number of halogens is 3. The van der Waals surface area contributed by atoms with E-state index in [4.69, 9.17) is 0 Å².